The van der Waals surface area contributed by atoms with Crippen molar-refractivity contribution in [2.75, 3.05) is 36.5 Å². The van der Waals surface area contributed by atoms with Crippen LogP contribution in [-0.2, 0) is 10.2 Å². The molecule has 2 aromatic rings. The second kappa shape index (κ2) is 8.16. The Balaban J connectivity index is 1.32. The SMILES string of the molecule is C[C@@H]1CN(c2ncnc3c2C2(CCC2)CN3c2cc(C#N)ccn2)C[C@@H]1N(C)C(=O)C1(C#N)CCC1. The molecule has 2 aromatic heterocycles. The minimum Gasteiger partial charge on any atom is -0.354 e. The normalized spacial score (nSPS) is 24.9. The summed E-state index contributed by atoms with van der Waals surface area (Å²) < 4.78 is 0. The number of hydrogen-bond acceptors (Lipinski definition) is 8. The molecule has 4 heterocycles. The van der Waals surface area contributed by atoms with Crippen molar-refractivity contribution in [2.45, 2.75) is 56.9 Å². The summed E-state index contributed by atoms with van der Waals surface area (Å²) in [4.78, 5) is 33.6. The zero-order chi connectivity index (χ0) is 25.1. The van der Waals surface area contributed by atoms with Crippen LogP contribution >= 0.6 is 0 Å². The Morgan fingerprint density at radius 2 is 1.86 bits per heavy atom. The Labute approximate surface area is 211 Å². The Morgan fingerprint density at radius 3 is 2.50 bits per heavy atom. The van der Waals surface area contributed by atoms with E-state index in [1.807, 2.05) is 18.0 Å². The van der Waals surface area contributed by atoms with E-state index in [0.717, 1.165) is 49.8 Å². The van der Waals surface area contributed by atoms with E-state index in [2.05, 4.69) is 33.8 Å². The van der Waals surface area contributed by atoms with E-state index in [4.69, 9.17) is 9.97 Å². The first-order valence-electron chi connectivity index (χ1n) is 12.8. The van der Waals surface area contributed by atoms with E-state index in [9.17, 15) is 15.3 Å². The standard InChI is InChI=1S/C27H30N8O/c1-18-13-34(14-20(18)33(2)25(36)26(15-29)6-3-7-26)23-22-24(32-17-31-23)35(16-27(22)8-4-9-27)21-11-19(12-28)5-10-30-21/h5,10-11,17-18,20H,3-4,6-9,13-14,16H2,1-2H3/t18-,20+/m1/s1. The number of nitriles is 2. The highest BCUT2D eigenvalue weighted by molar-refractivity contribution is 5.86. The van der Waals surface area contributed by atoms with Crippen LogP contribution in [0, 0.1) is 34.0 Å². The lowest BCUT2D eigenvalue weighted by Crippen LogP contribution is -2.51. The highest BCUT2D eigenvalue weighted by Gasteiger charge is 2.53. The highest BCUT2D eigenvalue weighted by atomic mass is 16.2. The van der Waals surface area contributed by atoms with Gasteiger partial charge in [0.1, 0.15) is 29.2 Å². The lowest BCUT2D eigenvalue weighted by Gasteiger charge is -2.40. The molecule has 3 fully saturated rings. The maximum Gasteiger partial charge on any atom is 0.243 e. The monoisotopic (exact) mass is 482 g/mol. The fraction of sp³-hybridized carbons (Fsp3) is 0.556. The fourth-order valence-electron chi connectivity index (χ4n) is 6.60. The van der Waals surface area contributed by atoms with Gasteiger partial charge in [0.15, 0.2) is 0 Å². The zero-order valence-corrected chi connectivity index (χ0v) is 20.8. The van der Waals surface area contributed by atoms with Crippen LogP contribution in [-0.4, -0.2) is 58.5 Å². The average Bonchev–Trinajstić information content (AvgIpc) is 3.42. The Bertz CT molecular complexity index is 1300. The quantitative estimate of drug-likeness (QED) is 0.652. The third-order valence-electron chi connectivity index (χ3n) is 9.04. The van der Waals surface area contributed by atoms with Crippen LogP contribution in [0.1, 0.15) is 56.6 Å². The summed E-state index contributed by atoms with van der Waals surface area (Å²) in [6, 6.07) is 8.09. The van der Waals surface area contributed by atoms with Gasteiger partial charge in [-0.1, -0.05) is 13.3 Å². The van der Waals surface area contributed by atoms with Crippen molar-refractivity contribution in [2.24, 2.45) is 11.3 Å². The maximum absolute atomic E-state index is 13.3. The molecule has 4 aliphatic rings. The lowest BCUT2D eigenvalue weighted by atomic mass is 9.66. The number of carbonyl (C=O) groups is 1. The van der Waals surface area contributed by atoms with Gasteiger partial charge in [0, 0.05) is 43.9 Å². The Morgan fingerprint density at radius 1 is 1.11 bits per heavy atom. The highest BCUT2D eigenvalue weighted by Crippen LogP contribution is 2.56. The van der Waals surface area contributed by atoms with E-state index in [-0.39, 0.29) is 23.3 Å². The van der Waals surface area contributed by atoms with Crippen LogP contribution in [0.3, 0.4) is 0 Å². The molecule has 2 aliphatic heterocycles. The number of likely N-dealkylation sites (N-methyl/N-ethyl adjacent to an activating group) is 1. The molecule has 0 aromatic carbocycles. The molecule has 2 aliphatic carbocycles. The molecule has 0 unspecified atom stereocenters. The Hall–Kier alpha value is -3.72. The maximum atomic E-state index is 13.3. The molecular formula is C27H30N8O. The molecule has 1 saturated heterocycles. The van der Waals surface area contributed by atoms with Gasteiger partial charge in [-0.25, -0.2) is 15.0 Å². The van der Waals surface area contributed by atoms with E-state index in [0.29, 0.717) is 24.9 Å². The minimum absolute atomic E-state index is 0.0178. The number of amides is 1. The second-order valence-corrected chi connectivity index (χ2v) is 11.0. The van der Waals surface area contributed by atoms with E-state index >= 15 is 0 Å². The van der Waals surface area contributed by atoms with Crippen molar-refractivity contribution in [1.82, 2.24) is 19.9 Å². The average molecular weight is 483 g/mol. The first kappa shape index (κ1) is 22.7. The van der Waals surface area contributed by atoms with Crippen LogP contribution in [0.5, 0.6) is 0 Å². The van der Waals surface area contributed by atoms with Gasteiger partial charge in [0.05, 0.1) is 23.7 Å². The third-order valence-corrected chi connectivity index (χ3v) is 9.04. The van der Waals surface area contributed by atoms with Gasteiger partial charge in [0.25, 0.3) is 0 Å². The van der Waals surface area contributed by atoms with Crippen LogP contribution in [0.25, 0.3) is 0 Å². The summed E-state index contributed by atoms with van der Waals surface area (Å²) in [5.74, 6) is 2.79. The van der Waals surface area contributed by atoms with Gasteiger partial charge >= 0.3 is 0 Å². The first-order chi connectivity index (χ1) is 17.4. The molecule has 1 amide bonds. The topological polar surface area (TPSA) is 113 Å². The molecule has 1 spiro atoms. The van der Waals surface area contributed by atoms with E-state index < -0.39 is 5.41 Å². The number of carbonyl (C=O) groups excluding carboxylic acids is 1. The van der Waals surface area contributed by atoms with Gasteiger partial charge < -0.3 is 14.7 Å². The van der Waals surface area contributed by atoms with Gasteiger partial charge in [-0.05, 0) is 50.2 Å². The zero-order valence-electron chi connectivity index (χ0n) is 20.8. The van der Waals surface area contributed by atoms with Gasteiger partial charge in [-0.15, -0.1) is 0 Å². The predicted octanol–water partition coefficient (Wildman–Crippen LogP) is 3.29. The molecule has 0 N–H and O–H groups in total. The number of anilines is 3. The number of fused-ring (bicyclic) bond motifs is 2. The van der Waals surface area contributed by atoms with Gasteiger partial charge in [-0.2, -0.15) is 10.5 Å². The van der Waals surface area contributed by atoms with Crippen LogP contribution in [0.2, 0.25) is 0 Å². The van der Waals surface area contributed by atoms with Crippen molar-refractivity contribution < 1.29 is 4.79 Å². The number of nitrogens with zero attached hydrogens (tertiary/aromatic N) is 8. The lowest BCUT2D eigenvalue weighted by molar-refractivity contribution is -0.144. The van der Waals surface area contributed by atoms with E-state index in [1.165, 1.54) is 12.0 Å². The van der Waals surface area contributed by atoms with Crippen LogP contribution < -0.4 is 9.80 Å². The number of pyridine rings is 1. The van der Waals surface area contributed by atoms with Crippen molar-refractivity contribution >= 4 is 23.4 Å². The molecule has 184 valence electrons. The molecule has 6 rings (SSSR count). The van der Waals surface area contributed by atoms with Gasteiger partial charge in [-0.3, -0.25) is 4.79 Å². The summed E-state index contributed by atoms with van der Waals surface area (Å²) in [6.45, 7) is 4.44. The van der Waals surface area contributed by atoms with Crippen molar-refractivity contribution in [3.8, 4) is 12.1 Å². The second-order valence-electron chi connectivity index (χ2n) is 11.0. The number of rotatable bonds is 4. The molecule has 0 radical (unpaired) electrons. The molecule has 36 heavy (non-hydrogen) atoms. The molecule has 0 bridgehead atoms. The molecule has 2 atom stereocenters. The number of hydrogen-bond donors (Lipinski definition) is 0. The van der Waals surface area contributed by atoms with Crippen LogP contribution in [0.4, 0.5) is 17.5 Å². The molecule has 2 saturated carbocycles. The molecule has 9 nitrogen and oxygen atoms in total. The van der Waals surface area contributed by atoms with E-state index in [1.54, 1.807) is 18.6 Å². The summed E-state index contributed by atoms with van der Waals surface area (Å²) in [7, 11) is 1.86. The third kappa shape index (κ3) is 3.19. The summed E-state index contributed by atoms with van der Waals surface area (Å²) in [6.07, 6.45) is 8.88. The van der Waals surface area contributed by atoms with Crippen molar-refractivity contribution in [3.05, 3.63) is 35.8 Å². The Kier molecular flexibility index (Phi) is 5.15. The predicted molar refractivity (Wildman–Crippen MR) is 133 cm³/mol. The minimum atomic E-state index is -0.834. The summed E-state index contributed by atoms with van der Waals surface area (Å²) >= 11 is 0. The van der Waals surface area contributed by atoms with Crippen molar-refractivity contribution in [1.29, 1.82) is 10.5 Å². The summed E-state index contributed by atoms with van der Waals surface area (Å²) in [5, 5.41) is 19.1. The van der Waals surface area contributed by atoms with Crippen molar-refractivity contribution in [3.63, 3.8) is 0 Å². The smallest absolute Gasteiger partial charge is 0.243 e. The fourth-order valence-corrected chi connectivity index (χ4v) is 6.60. The van der Waals surface area contributed by atoms with Gasteiger partial charge in [0.2, 0.25) is 5.91 Å². The summed E-state index contributed by atoms with van der Waals surface area (Å²) in [5.41, 5.74) is 0.904. The number of aromatic nitrogens is 3. The molecular weight excluding hydrogens is 452 g/mol. The molecule has 9 heteroatoms. The largest absolute Gasteiger partial charge is 0.354 e. The van der Waals surface area contributed by atoms with Crippen LogP contribution in [0.15, 0.2) is 24.7 Å². The first-order valence-corrected chi connectivity index (χ1v) is 12.8.